The summed E-state index contributed by atoms with van der Waals surface area (Å²) >= 11 is 0. The van der Waals surface area contributed by atoms with E-state index < -0.39 is 21.7 Å². The highest BCUT2D eigenvalue weighted by Gasteiger charge is 2.18. The molecule has 0 saturated carbocycles. The summed E-state index contributed by atoms with van der Waals surface area (Å²) in [5, 5.41) is 6.49. The summed E-state index contributed by atoms with van der Waals surface area (Å²) in [5.41, 5.74) is 0.757. The summed E-state index contributed by atoms with van der Waals surface area (Å²) in [4.78, 5) is -0.370. The molecule has 0 aliphatic rings. The van der Waals surface area contributed by atoms with Crippen LogP contribution < -0.4 is 4.72 Å². The molecule has 0 saturated heterocycles. The third kappa shape index (κ3) is 2.96. The molecule has 108 valence electrons. The number of nitrogens with one attached hydrogen (secondary N) is 2. The molecule has 2 N–H and O–H groups in total. The second kappa shape index (κ2) is 5.20. The van der Waals surface area contributed by atoms with Crippen LogP contribution in [0.2, 0.25) is 0 Å². The number of anilines is 1. The molecule has 0 amide bonds. The topological polar surface area (TPSA) is 74.8 Å². The van der Waals surface area contributed by atoms with Crippen LogP contribution >= 0.6 is 0 Å². The quantitative estimate of drug-likeness (QED) is 0.911. The van der Waals surface area contributed by atoms with Gasteiger partial charge >= 0.3 is 0 Å². The molecule has 0 spiro atoms. The largest absolute Gasteiger partial charge is 0.280 e. The van der Waals surface area contributed by atoms with Gasteiger partial charge in [-0.05, 0) is 24.1 Å². The van der Waals surface area contributed by atoms with Crippen molar-refractivity contribution in [2.75, 3.05) is 4.72 Å². The van der Waals surface area contributed by atoms with Crippen molar-refractivity contribution in [3.05, 3.63) is 41.6 Å². The zero-order valence-corrected chi connectivity index (χ0v) is 11.6. The van der Waals surface area contributed by atoms with Gasteiger partial charge in [0, 0.05) is 11.8 Å². The molecule has 1 aromatic heterocycles. The van der Waals surface area contributed by atoms with Crippen molar-refractivity contribution in [2.24, 2.45) is 0 Å². The molecule has 1 aromatic carbocycles. The van der Waals surface area contributed by atoms with Crippen molar-refractivity contribution in [3.63, 3.8) is 0 Å². The number of halogens is 2. The van der Waals surface area contributed by atoms with Crippen molar-refractivity contribution < 1.29 is 17.2 Å². The molecule has 0 bridgehead atoms. The fraction of sp³-hybridized carbons (Fsp3) is 0.250. The number of rotatable bonds is 4. The van der Waals surface area contributed by atoms with Crippen LogP contribution in [0.1, 0.15) is 25.5 Å². The Morgan fingerprint density at radius 3 is 2.45 bits per heavy atom. The molecule has 8 heteroatoms. The second-order valence-electron chi connectivity index (χ2n) is 4.54. The van der Waals surface area contributed by atoms with Crippen molar-refractivity contribution >= 4 is 15.8 Å². The number of sulfonamides is 1. The predicted octanol–water partition coefficient (Wildman–Crippen LogP) is 2.61. The maximum absolute atomic E-state index is 13.1. The summed E-state index contributed by atoms with van der Waals surface area (Å²) < 4.78 is 52.0. The highest BCUT2D eigenvalue weighted by Crippen LogP contribution is 2.19. The van der Waals surface area contributed by atoms with Crippen molar-refractivity contribution in [3.8, 4) is 0 Å². The first kappa shape index (κ1) is 14.4. The highest BCUT2D eigenvalue weighted by molar-refractivity contribution is 7.92. The van der Waals surface area contributed by atoms with Gasteiger partial charge in [0.15, 0.2) is 17.5 Å². The number of benzene rings is 1. The summed E-state index contributed by atoms with van der Waals surface area (Å²) in [6.45, 7) is 3.84. The van der Waals surface area contributed by atoms with E-state index in [9.17, 15) is 17.2 Å². The monoisotopic (exact) mass is 301 g/mol. The van der Waals surface area contributed by atoms with Gasteiger partial charge in [-0.3, -0.25) is 9.82 Å². The van der Waals surface area contributed by atoms with E-state index in [1.54, 1.807) is 6.07 Å². The summed E-state index contributed by atoms with van der Waals surface area (Å²) in [6.07, 6.45) is 0. The lowest BCUT2D eigenvalue weighted by molar-refractivity contribution is 0.504. The number of hydrogen-bond acceptors (Lipinski definition) is 3. The number of nitrogens with zero attached hydrogens (tertiary/aromatic N) is 1. The molecule has 5 nitrogen and oxygen atoms in total. The second-order valence-corrected chi connectivity index (χ2v) is 6.23. The summed E-state index contributed by atoms with van der Waals surface area (Å²) in [5.74, 6) is -2.08. The molecule has 0 fully saturated rings. The van der Waals surface area contributed by atoms with E-state index in [0.717, 1.165) is 17.8 Å². The Bertz CT molecular complexity index is 726. The van der Waals surface area contributed by atoms with Crippen LogP contribution in [-0.4, -0.2) is 18.6 Å². The highest BCUT2D eigenvalue weighted by atomic mass is 32.2. The van der Waals surface area contributed by atoms with Crippen molar-refractivity contribution in [2.45, 2.75) is 24.7 Å². The van der Waals surface area contributed by atoms with Gasteiger partial charge in [-0.1, -0.05) is 13.8 Å². The molecule has 0 atom stereocenters. The Morgan fingerprint density at radius 2 is 1.90 bits per heavy atom. The van der Waals surface area contributed by atoms with E-state index in [0.29, 0.717) is 6.07 Å². The minimum Gasteiger partial charge on any atom is -0.280 e. The number of hydrogen-bond donors (Lipinski definition) is 2. The fourth-order valence-electron chi connectivity index (χ4n) is 1.53. The maximum Gasteiger partial charge on any atom is 0.263 e. The lowest BCUT2D eigenvalue weighted by Crippen LogP contribution is -2.13. The van der Waals surface area contributed by atoms with E-state index in [1.807, 2.05) is 13.8 Å². The van der Waals surface area contributed by atoms with E-state index in [2.05, 4.69) is 14.9 Å². The van der Waals surface area contributed by atoms with Crippen LogP contribution in [0.3, 0.4) is 0 Å². The minimum atomic E-state index is -4.00. The Hall–Kier alpha value is -1.96. The Morgan fingerprint density at radius 1 is 1.20 bits per heavy atom. The van der Waals surface area contributed by atoms with Crippen LogP contribution in [-0.2, 0) is 10.0 Å². The smallest absolute Gasteiger partial charge is 0.263 e. The third-order valence-electron chi connectivity index (χ3n) is 2.66. The summed E-state index contributed by atoms with van der Waals surface area (Å²) in [6, 6.07) is 3.90. The van der Waals surface area contributed by atoms with E-state index in [-0.39, 0.29) is 16.6 Å². The zero-order chi connectivity index (χ0) is 14.9. The number of aromatic amines is 1. The van der Waals surface area contributed by atoms with Gasteiger partial charge in [-0.15, -0.1) is 0 Å². The van der Waals surface area contributed by atoms with E-state index in [1.165, 1.54) is 0 Å². The molecule has 20 heavy (non-hydrogen) atoms. The van der Waals surface area contributed by atoms with Crippen molar-refractivity contribution in [1.29, 1.82) is 0 Å². The number of aromatic nitrogens is 2. The molecule has 0 aliphatic heterocycles. The average molecular weight is 301 g/mol. The molecule has 1 heterocycles. The van der Waals surface area contributed by atoms with Gasteiger partial charge in [-0.25, -0.2) is 17.2 Å². The van der Waals surface area contributed by atoms with Gasteiger partial charge in [0.2, 0.25) is 0 Å². The molecule has 0 aliphatic carbocycles. The van der Waals surface area contributed by atoms with E-state index >= 15 is 0 Å². The minimum absolute atomic E-state index is 0.0958. The first-order valence-corrected chi connectivity index (χ1v) is 7.31. The molecular formula is C12H13F2N3O2S. The number of H-pyrrole nitrogens is 1. The van der Waals surface area contributed by atoms with E-state index in [4.69, 9.17) is 0 Å². The summed E-state index contributed by atoms with van der Waals surface area (Å²) in [7, 11) is -4.00. The fourth-order valence-corrected chi connectivity index (χ4v) is 2.53. The normalized spacial score (nSPS) is 11.8. The van der Waals surface area contributed by atoms with Gasteiger partial charge in [-0.2, -0.15) is 5.10 Å². The van der Waals surface area contributed by atoms with Crippen LogP contribution in [0.5, 0.6) is 0 Å². The molecule has 0 unspecified atom stereocenters. The van der Waals surface area contributed by atoms with Crippen LogP contribution in [0, 0.1) is 11.6 Å². The van der Waals surface area contributed by atoms with Gasteiger partial charge in [0.1, 0.15) is 0 Å². The van der Waals surface area contributed by atoms with Gasteiger partial charge in [0.05, 0.1) is 4.90 Å². The lowest BCUT2D eigenvalue weighted by Gasteiger charge is -2.05. The standard InChI is InChI=1S/C12H13F2N3O2S/c1-7(2)11-6-12(16-15-11)17-20(18,19)8-3-4-9(13)10(14)5-8/h3-7H,1-2H3,(H2,15,16,17). The van der Waals surface area contributed by atoms with Gasteiger partial charge < -0.3 is 0 Å². The average Bonchev–Trinajstić information content (AvgIpc) is 2.80. The Kier molecular flexibility index (Phi) is 3.76. The first-order valence-electron chi connectivity index (χ1n) is 5.83. The Balaban J connectivity index is 2.28. The van der Waals surface area contributed by atoms with Crippen LogP contribution in [0.4, 0.5) is 14.6 Å². The lowest BCUT2D eigenvalue weighted by atomic mass is 10.1. The van der Waals surface area contributed by atoms with Gasteiger partial charge in [0.25, 0.3) is 10.0 Å². The molecule has 2 rings (SSSR count). The van der Waals surface area contributed by atoms with Crippen LogP contribution in [0.15, 0.2) is 29.2 Å². The third-order valence-corrected chi connectivity index (χ3v) is 4.01. The first-order chi connectivity index (χ1) is 9.29. The zero-order valence-electron chi connectivity index (χ0n) is 10.8. The van der Waals surface area contributed by atoms with Crippen molar-refractivity contribution in [1.82, 2.24) is 10.2 Å². The Labute approximate surface area is 115 Å². The van der Waals surface area contributed by atoms with Crippen LogP contribution in [0.25, 0.3) is 0 Å². The predicted molar refractivity (Wildman–Crippen MR) is 69.8 cm³/mol. The molecular weight excluding hydrogens is 288 g/mol. The molecule has 0 radical (unpaired) electrons. The SMILES string of the molecule is CC(C)c1cc(NS(=O)(=O)c2ccc(F)c(F)c2)n[nH]1. The molecule has 2 aromatic rings. The maximum atomic E-state index is 13.1.